The molecule has 2 fully saturated rings. The van der Waals surface area contributed by atoms with Crippen LogP contribution in [0.1, 0.15) is 26.7 Å². The first-order valence-electron chi connectivity index (χ1n) is 8.87. The first-order chi connectivity index (χ1) is 11.9. The fourth-order valence-electron chi connectivity index (χ4n) is 3.70. The van der Waals surface area contributed by atoms with Gasteiger partial charge in [-0.3, -0.25) is 4.79 Å². The van der Waals surface area contributed by atoms with E-state index in [1.54, 1.807) is 30.3 Å². The lowest BCUT2D eigenvalue weighted by Crippen LogP contribution is -2.51. The molecule has 1 amide bonds. The van der Waals surface area contributed by atoms with E-state index in [0.29, 0.717) is 43.9 Å². The molecule has 2 aliphatic heterocycles. The summed E-state index contributed by atoms with van der Waals surface area (Å²) < 4.78 is 32.5. The minimum Gasteiger partial charge on any atom is -0.372 e. The molecule has 7 heteroatoms. The Bertz CT molecular complexity index is 689. The van der Waals surface area contributed by atoms with Crippen LogP contribution >= 0.6 is 0 Å². The summed E-state index contributed by atoms with van der Waals surface area (Å²) in [6.45, 7) is 5.97. The lowest BCUT2D eigenvalue weighted by atomic mass is 9.96. The van der Waals surface area contributed by atoms with Crippen molar-refractivity contribution in [1.29, 1.82) is 0 Å². The molecule has 1 aromatic rings. The fraction of sp³-hybridized carbons (Fsp3) is 0.611. The van der Waals surface area contributed by atoms with Crippen LogP contribution in [0, 0.1) is 5.92 Å². The molecule has 2 aliphatic rings. The van der Waals surface area contributed by atoms with Gasteiger partial charge in [-0.2, -0.15) is 4.31 Å². The SMILES string of the molecule is CC1CN(C(=O)C2CCN(S(=O)(=O)c3ccccc3)CC2)CC(C)O1. The zero-order chi connectivity index (χ0) is 18.0. The number of amides is 1. The minimum absolute atomic E-state index is 0.0475. The van der Waals surface area contributed by atoms with E-state index in [9.17, 15) is 13.2 Å². The highest BCUT2D eigenvalue weighted by molar-refractivity contribution is 7.89. The molecule has 2 unspecified atom stereocenters. The molecule has 1 aromatic carbocycles. The highest BCUT2D eigenvalue weighted by Crippen LogP contribution is 2.26. The van der Waals surface area contributed by atoms with E-state index in [1.807, 2.05) is 18.7 Å². The number of carbonyl (C=O) groups excluding carboxylic acids is 1. The Morgan fingerprint density at radius 3 is 2.16 bits per heavy atom. The summed E-state index contributed by atoms with van der Waals surface area (Å²) in [6.07, 6.45) is 1.24. The Labute approximate surface area is 149 Å². The number of sulfonamides is 1. The summed E-state index contributed by atoms with van der Waals surface area (Å²) in [5, 5.41) is 0. The van der Waals surface area contributed by atoms with Gasteiger partial charge in [0.15, 0.2) is 0 Å². The van der Waals surface area contributed by atoms with Crippen LogP contribution < -0.4 is 0 Å². The number of hydrogen-bond acceptors (Lipinski definition) is 4. The second kappa shape index (κ2) is 7.43. The summed E-state index contributed by atoms with van der Waals surface area (Å²) in [5.74, 6) is 0.0403. The van der Waals surface area contributed by atoms with Gasteiger partial charge in [-0.25, -0.2) is 8.42 Å². The predicted molar refractivity (Wildman–Crippen MR) is 94.5 cm³/mol. The molecule has 6 nitrogen and oxygen atoms in total. The van der Waals surface area contributed by atoms with Crippen LogP contribution in [-0.2, 0) is 19.6 Å². The van der Waals surface area contributed by atoms with Gasteiger partial charge in [0.25, 0.3) is 0 Å². The van der Waals surface area contributed by atoms with Gasteiger partial charge in [-0.05, 0) is 38.8 Å². The first kappa shape index (κ1) is 18.4. The molecule has 0 saturated carbocycles. The van der Waals surface area contributed by atoms with Crippen molar-refractivity contribution in [3.8, 4) is 0 Å². The van der Waals surface area contributed by atoms with Crippen molar-refractivity contribution in [3.05, 3.63) is 30.3 Å². The largest absolute Gasteiger partial charge is 0.372 e. The maximum atomic E-state index is 12.8. The van der Waals surface area contributed by atoms with Gasteiger partial charge in [-0.15, -0.1) is 0 Å². The molecular weight excluding hydrogens is 340 g/mol. The third kappa shape index (κ3) is 4.04. The number of morpholine rings is 1. The predicted octanol–water partition coefficient (Wildman–Crippen LogP) is 1.72. The number of ether oxygens (including phenoxy) is 1. The topological polar surface area (TPSA) is 66.9 Å². The lowest BCUT2D eigenvalue weighted by molar-refractivity contribution is -0.148. The van der Waals surface area contributed by atoms with Gasteiger partial charge < -0.3 is 9.64 Å². The van der Waals surface area contributed by atoms with Crippen molar-refractivity contribution in [2.45, 2.75) is 43.8 Å². The van der Waals surface area contributed by atoms with Gasteiger partial charge in [-0.1, -0.05) is 18.2 Å². The van der Waals surface area contributed by atoms with E-state index in [1.165, 1.54) is 4.31 Å². The molecule has 0 N–H and O–H groups in total. The Kier molecular flexibility index (Phi) is 5.46. The van der Waals surface area contributed by atoms with Crippen molar-refractivity contribution < 1.29 is 17.9 Å². The molecule has 2 heterocycles. The molecule has 2 atom stereocenters. The minimum atomic E-state index is -3.47. The standard InChI is InChI=1S/C18H26N2O4S/c1-14-12-19(13-15(2)24-14)18(21)16-8-10-20(11-9-16)25(22,23)17-6-4-3-5-7-17/h3-7,14-16H,8-13H2,1-2H3. The molecule has 25 heavy (non-hydrogen) atoms. The van der Waals surface area contributed by atoms with Gasteiger partial charge >= 0.3 is 0 Å². The van der Waals surface area contributed by atoms with Crippen molar-refractivity contribution in [1.82, 2.24) is 9.21 Å². The second-order valence-corrected chi connectivity index (χ2v) is 8.93. The van der Waals surface area contributed by atoms with Crippen molar-refractivity contribution in [3.63, 3.8) is 0 Å². The van der Waals surface area contributed by atoms with E-state index in [0.717, 1.165) is 0 Å². The quantitative estimate of drug-likeness (QED) is 0.817. The van der Waals surface area contributed by atoms with Gasteiger partial charge in [0.05, 0.1) is 17.1 Å². The Balaban J connectivity index is 1.61. The lowest BCUT2D eigenvalue weighted by Gasteiger charge is -2.39. The Hall–Kier alpha value is -1.44. The van der Waals surface area contributed by atoms with Gasteiger partial charge in [0.1, 0.15) is 0 Å². The summed E-state index contributed by atoms with van der Waals surface area (Å²) in [7, 11) is -3.47. The average molecular weight is 366 g/mol. The number of rotatable bonds is 3. The molecule has 0 radical (unpaired) electrons. The van der Waals surface area contributed by atoms with E-state index < -0.39 is 10.0 Å². The molecule has 3 rings (SSSR count). The normalized spacial score (nSPS) is 26.6. The summed E-state index contributed by atoms with van der Waals surface area (Å²) >= 11 is 0. The van der Waals surface area contributed by atoms with Crippen molar-refractivity contribution in [2.75, 3.05) is 26.2 Å². The summed E-state index contributed by atoms with van der Waals surface area (Å²) in [6, 6.07) is 8.48. The van der Waals surface area contributed by atoms with Crippen LogP contribution in [0.5, 0.6) is 0 Å². The van der Waals surface area contributed by atoms with Gasteiger partial charge in [0.2, 0.25) is 15.9 Å². The summed E-state index contributed by atoms with van der Waals surface area (Å²) in [5.41, 5.74) is 0. The molecule has 0 aromatic heterocycles. The number of piperidine rings is 1. The van der Waals surface area contributed by atoms with E-state index in [2.05, 4.69) is 0 Å². The number of nitrogens with zero attached hydrogens (tertiary/aromatic N) is 2. The number of carbonyl (C=O) groups is 1. The molecule has 0 spiro atoms. The van der Waals surface area contributed by atoms with Crippen LogP contribution in [0.25, 0.3) is 0 Å². The maximum Gasteiger partial charge on any atom is 0.243 e. The van der Waals surface area contributed by atoms with Crippen molar-refractivity contribution in [2.24, 2.45) is 5.92 Å². The van der Waals surface area contributed by atoms with Gasteiger partial charge in [0, 0.05) is 32.1 Å². The zero-order valence-electron chi connectivity index (χ0n) is 14.8. The van der Waals surface area contributed by atoms with E-state index >= 15 is 0 Å². The zero-order valence-corrected chi connectivity index (χ0v) is 15.6. The highest BCUT2D eigenvalue weighted by atomic mass is 32.2. The van der Waals surface area contributed by atoms with Crippen LogP contribution in [-0.4, -0.2) is 61.9 Å². The van der Waals surface area contributed by atoms with Crippen LogP contribution in [0.15, 0.2) is 35.2 Å². The number of benzene rings is 1. The van der Waals surface area contributed by atoms with E-state index in [-0.39, 0.29) is 24.0 Å². The Morgan fingerprint density at radius 2 is 1.60 bits per heavy atom. The van der Waals surface area contributed by atoms with Crippen molar-refractivity contribution >= 4 is 15.9 Å². The molecule has 0 aliphatic carbocycles. The highest BCUT2D eigenvalue weighted by Gasteiger charge is 2.35. The van der Waals surface area contributed by atoms with Crippen LogP contribution in [0.2, 0.25) is 0 Å². The molecule has 138 valence electrons. The third-order valence-electron chi connectivity index (χ3n) is 4.92. The van der Waals surface area contributed by atoms with Crippen LogP contribution in [0.3, 0.4) is 0 Å². The van der Waals surface area contributed by atoms with E-state index in [4.69, 9.17) is 4.74 Å². The molecule has 2 saturated heterocycles. The number of hydrogen-bond donors (Lipinski definition) is 0. The third-order valence-corrected chi connectivity index (χ3v) is 6.83. The maximum absolute atomic E-state index is 12.8. The second-order valence-electron chi connectivity index (χ2n) is 6.99. The molecular formula is C18H26N2O4S. The fourth-order valence-corrected chi connectivity index (χ4v) is 5.19. The monoisotopic (exact) mass is 366 g/mol. The first-order valence-corrected chi connectivity index (χ1v) is 10.3. The Morgan fingerprint density at radius 1 is 1.04 bits per heavy atom. The average Bonchev–Trinajstić information content (AvgIpc) is 2.61. The van der Waals surface area contributed by atoms with Crippen LogP contribution in [0.4, 0.5) is 0 Å². The smallest absolute Gasteiger partial charge is 0.243 e. The summed E-state index contributed by atoms with van der Waals surface area (Å²) in [4.78, 5) is 15.0. The molecule has 0 bridgehead atoms.